The van der Waals surface area contributed by atoms with Crippen molar-refractivity contribution >= 4 is 23.0 Å². The van der Waals surface area contributed by atoms with Gasteiger partial charge in [0.15, 0.2) is 0 Å². The third-order valence-corrected chi connectivity index (χ3v) is 4.37. The number of fused-ring (bicyclic) bond motifs is 1. The minimum absolute atomic E-state index is 0.144. The van der Waals surface area contributed by atoms with Crippen LogP contribution >= 0.6 is 0 Å². The number of aryl methyl sites for hydroxylation is 1. The van der Waals surface area contributed by atoms with E-state index in [0.29, 0.717) is 0 Å². The van der Waals surface area contributed by atoms with E-state index in [1.807, 2.05) is 37.5 Å². The Morgan fingerprint density at radius 2 is 2.20 bits per heavy atom. The van der Waals surface area contributed by atoms with Crippen molar-refractivity contribution in [1.82, 2.24) is 25.1 Å². The van der Waals surface area contributed by atoms with Gasteiger partial charge in [-0.1, -0.05) is 32.4 Å². The van der Waals surface area contributed by atoms with Gasteiger partial charge in [0.05, 0.1) is 23.3 Å². The molecular weight excluding hydrogens is 314 g/mol. The fourth-order valence-corrected chi connectivity index (χ4v) is 2.74. The summed E-state index contributed by atoms with van der Waals surface area (Å²) in [6.07, 6.45) is 7.81. The normalized spacial score (nSPS) is 14.0. The number of nitrogens with zero attached hydrogens (tertiary/aromatic N) is 3. The summed E-state index contributed by atoms with van der Waals surface area (Å²) in [7, 11) is 1.85. The maximum absolute atomic E-state index is 12.4. The van der Waals surface area contributed by atoms with Crippen LogP contribution in [0.4, 0.5) is 0 Å². The molecule has 0 saturated heterocycles. The maximum atomic E-state index is 12.4. The first-order valence-electron chi connectivity index (χ1n) is 8.48. The van der Waals surface area contributed by atoms with Crippen molar-refractivity contribution < 1.29 is 4.79 Å². The average Bonchev–Trinajstić information content (AvgIpc) is 3.22. The molecule has 0 aliphatic heterocycles. The molecule has 0 spiro atoms. The fraction of sp³-hybridized carbons (Fsp3) is 0.316. The van der Waals surface area contributed by atoms with Gasteiger partial charge in [-0.3, -0.25) is 9.48 Å². The summed E-state index contributed by atoms with van der Waals surface area (Å²) in [5.41, 5.74) is 2.78. The van der Waals surface area contributed by atoms with Crippen molar-refractivity contribution in [3.05, 3.63) is 54.1 Å². The van der Waals surface area contributed by atoms with Crippen LogP contribution in [-0.4, -0.2) is 25.7 Å². The third-order valence-electron chi connectivity index (χ3n) is 4.37. The molecule has 0 bridgehead atoms. The second-order valence-corrected chi connectivity index (χ2v) is 6.29. The molecule has 1 amide bonds. The minimum Gasteiger partial charge on any atom is -0.342 e. The number of benzene rings is 1. The van der Waals surface area contributed by atoms with Gasteiger partial charge in [-0.05, 0) is 24.1 Å². The lowest BCUT2D eigenvalue weighted by molar-refractivity contribution is -0.117. The Kier molecular flexibility index (Phi) is 4.97. The number of carbonyl (C=O) groups excluding carboxylic acids is 1. The van der Waals surface area contributed by atoms with E-state index in [-0.39, 0.29) is 17.9 Å². The van der Waals surface area contributed by atoms with Gasteiger partial charge in [-0.25, -0.2) is 4.98 Å². The monoisotopic (exact) mass is 337 g/mol. The molecule has 3 rings (SSSR count). The molecule has 0 unspecified atom stereocenters. The van der Waals surface area contributed by atoms with E-state index in [4.69, 9.17) is 0 Å². The molecule has 2 N–H and O–H groups in total. The van der Waals surface area contributed by atoms with Crippen molar-refractivity contribution in [2.45, 2.75) is 26.3 Å². The zero-order valence-corrected chi connectivity index (χ0v) is 14.7. The van der Waals surface area contributed by atoms with E-state index in [0.717, 1.165) is 28.8 Å². The predicted molar refractivity (Wildman–Crippen MR) is 98.7 cm³/mol. The Hall–Kier alpha value is -2.89. The minimum atomic E-state index is -0.163. The van der Waals surface area contributed by atoms with Crippen molar-refractivity contribution in [1.29, 1.82) is 0 Å². The highest BCUT2D eigenvalue weighted by Gasteiger charge is 2.22. The van der Waals surface area contributed by atoms with E-state index in [1.54, 1.807) is 17.0 Å². The van der Waals surface area contributed by atoms with Gasteiger partial charge in [-0.15, -0.1) is 0 Å². The number of carbonyl (C=O) groups is 1. The number of imidazole rings is 1. The van der Waals surface area contributed by atoms with Gasteiger partial charge in [0, 0.05) is 24.9 Å². The number of para-hydroxylation sites is 2. The molecule has 130 valence electrons. The van der Waals surface area contributed by atoms with E-state index in [9.17, 15) is 4.79 Å². The number of aromatic amines is 1. The van der Waals surface area contributed by atoms with E-state index in [1.165, 1.54) is 6.08 Å². The van der Waals surface area contributed by atoms with Crippen LogP contribution in [-0.2, 0) is 11.8 Å². The predicted octanol–water partition coefficient (Wildman–Crippen LogP) is 3.21. The highest BCUT2D eigenvalue weighted by Crippen LogP contribution is 2.24. The summed E-state index contributed by atoms with van der Waals surface area (Å²) >= 11 is 0. The van der Waals surface area contributed by atoms with Crippen LogP contribution in [0, 0.1) is 5.92 Å². The lowest BCUT2D eigenvalue weighted by Crippen LogP contribution is -2.32. The van der Waals surface area contributed by atoms with Gasteiger partial charge < -0.3 is 10.3 Å². The van der Waals surface area contributed by atoms with Crippen LogP contribution in [0.3, 0.4) is 0 Å². The number of aromatic nitrogens is 4. The molecule has 6 nitrogen and oxygen atoms in total. The molecule has 0 fully saturated rings. The lowest BCUT2D eigenvalue weighted by atomic mass is 9.98. The summed E-state index contributed by atoms with van der Waals surface area (Å²) in [5, 5.41) is 7.16. The molecule has 1 aromatic carbocycles. The highest BCUT2D eigenvalue weighted by molar-refractivity contribution is 5.92. The number of hydrogen-bond acceptors (Lipinski definition) is 3. The van der Waals surface area contributed by atoms with E-state index < -0.39 is 0 Å². The highest BCUT2D eigenvalue weighted by atomic mass is 16.1. The molecule has 0 radical (unpaired) electrons. The van der Waals surface area contributed by atoms with Crippen LogP contribution < -0.4 is 5.32 Å². The maximum Gasteiger partial charge on any atom is 0.244 e. The fourth-order valence-electron chi connectivity index (χ4n) is 2.74. The Balaban J connectivity index is 1.78. The summed E-state index contributed by atoms with van der Waals surface area (Å²) in [5.74, 6) is 0.907. The molecule has 0 saturated carbocycles. The number of rotatable bonds is 6. The van der Waals surface area contributed by atoms with Gasteiger partial charge in [0.2, 0.25) is 5.91 Å². The first kappa shape index (κ1) is 17.0. The molecule has 3 aromatic rings. The topological polar surface area (TPSA) is 75.6 Å². The van der Waals surface area contributed by atoms with Crippen LogP contribution in [0.25, 0.3) is 17.1 Å². The average molecular weight is 337 g/mol. The van der Waals surface area contributed by atoms with Crippen molar-refractivity contribution in [3.63, 3.8) is 0 Å². The molecule has 2 heterocycles. The summed E-state index contributed by atoms with van der Waals surface area (Å²) in [6.45, 7) is 4.22. The molecule has 0 aliphatic rings. The summed E-state index contributed by atoms with van der Waals surface area (Å²) < 4.78 is 1.70. The molecule has 2 aromatic heterocycles. The largest absolute Gasteiger partial charge is 0.342 e. The standard InChI is InChI=1S/C19H23N5O/c1-4-13(2)18(19-21-15-7-5-6-8-16(15)22-19)23-17(25)10-9-14-11-20-24(3)12-14/h5-13,18H,4H2,1-3H3,(H,21,22)(H,23,25)/b10-9+/t13-,18-/m0/s1. The third kappa shape index (κ3) is 3.96. The summed E-state index contributed by atoms with van der Waals surface area (Å²) in [6, 6.07) is 7.72. The lowest BCUT2D eigenvalue weighted by Gasteiger charge is -2.21. The Labute approximate surface area is 147 Å². The molecule has 6 heteroatoms. The number of nitrogens with one attached hydrogen (secondary N) is 2. The molecular formula is C19H23N5O. The molecule has 25 heavy (non-hydrogen) atoms. The van der Waals surface area contributed by atoms with Crippen LogP contribution in [0.5, 0.6) is 0 Å². The van der Waals surface area contributed by atoms with Crippen LogP contribution in [0.2, 0.25) is 0 Å². The number of amides is 1. The Morgan fingerprint density at radius 3 is 2.88 bits per heavy atom. The second-order valence-electron chi connectivity index (χ2n) is 6.29. The Morgan fingerprint density at radius 1 is 1.40 bits per heavy atom. The SMILES string of the molecule is CC[C@H](C)[C@H](NC(=O)/C=C/c1cnn(C)c1)c1nc2ccccc2[nH]1. The summed E-state index contributed by atoms with van der Waals surface area (Å²) in [4.78, 5) is 20.4. The van der Waals surface area contributed by atoms with Crippen molar-refractivity contribution in [2.24, 2.45) is 13.0 Å². The van der Waals surface area contributed by atoms with Gasteiger partial charge in [-0.2, -0.15) is 5.10 Å². The Bertz CT molecular complexity index is 859. The number of hydrogen-bond donors (Lipinski definition) is 2. The number of H-pyrrole nitrogens is 1. The van der Waals surface area contributed by atoms with E-state index in [2.05, 4.69) is 34.2 Å². The van der Waals surface area contributed by atoms with Gasteiger partial charge in [0.25, 0.3) is 0 Å². The molecule has 0 aliphatic carbocycles. The van der Waals surface area contributed by atoms with Gasteiger partial charge in [0.1, 0.15) is 5.82 Å². The van der Waals surface area contributed by atoms with E-state index >= 15 is 0 Å². The van der Waals surface area contributed by atoms with Crippen LogP contribution in [0.15, 0.2) is 42.7 Å². The zero-order chi connectivity index (χ0) is 17.8. The first-order valence-corrected chi connectivity index (χ1v) is 8.48. The first-order chi connectivity index (χ1) is 12.1. The zero-order valence-electron chi connectivity index (χ0n) is 14.7. The van der Waals surface area contributed by atoms with Crippen LogP contribution in [0.1, 0.15) is 37.7 Å². The molecule has 2 atom stereocenters. The quantitative estimate of drug-likeness (QED) is 0.678. The smallest absolute Gasteiger partial charge is 0.244 e. The van der Waals surface area contributed by atoms with Crippen molar-refractivity contribution in [3.8, 4) is 0 Å². The van der Waals surface area contributed by atoms with Gasteiger partial charge >= 0.3 is 0 Å². The second kappa shape index (κ2) is 7.34. The van der Waals surface area contributed by atoms with Crippen molar-refractivity contribution in [2.75, 3.05) is 0 Å².